The Hall–Kier alpha value is -3.14. The summed E-state index contributed by atoms with van der Waals surface area (Å²) in [7, 11) is 1.30. The van der Waals surface area contributed by atoms with Crippen LogP contribution in [0.5, 0.6) is 0 Å². The first kappa shape index (κ1) is 17.3. The molecule has 0 spiro atoms. The molecule has 0 saturated heterocycles. The highest BCUT2D eigenvalue weighted by Crippen LogP contribution is 2.48. The monoisotopic (exact) mass is 365 g/mol. The summed E-state index contributed by atoms with van der Waals surface area (Å²) in [6.45, 7) is 0.325. The summed E-state index contributed by atoms with van der Waals surface area (Å²) in [6, 6.07) is 9.89. The highest BCUT2D eigenvalue weighted by atomic mass is 16.5. The molecule has 1 aromatic heterocycles. The SMILES string of the molecule is COC(=O)NCCc1c2n(c3ccccc13)C(=O)C1C[C@]2(C#N)CCC1=O. The lowest BCUT2D eigenvalue weighted by Gasteiger charge is -2.40. The maximum Gasteiger partial charge on any atom is 0.406 e. The number of ketones is 1. The molecule has 138 valence electrons. The number of rotatable bonds is 3. The Labute approximate surface area is 155 Å². The molecule has 27 heavy (non-hydrogen) atoms. The number of carbonyl (C=O) groups is 3. The van der Waals surface area contributed by atoms with Crippen molar-refractivity contribution in [1.82, 2.24) is 9.88 Å². The lowest BCUT2D eigenvalue weighted by Crippen LogP contribution is -2.48. The second-order valence-corrected chi connectivity index (χ2v) is 7.10. The van der Waals surface area contributed by atoms with E-state index in [0.29, 0.717) is 30.6 Å². The zero-order valence-corrected chi connectivity index (χ0v) is 14.9. The van der Waals surface area contributed by atoms with Gasteiger partial charge >= 0.3 is 6.09 Å². The zero-order valence-electron chi connectivity index (χ0n) is 14.9. The highest BCUT2D eigenvalue weighted by molar-refractivity contribution is 6.09. The maximum atomic E-state index is 13.1. The summed E-state index contributed by atoms with van der Waals surface area (Å²) in [4.78, 5) is 36.8. The topological polar surface area (TPSA) is 101 Å². The minimum atomic E-state index is -0.855. The Morgan fingerprint density at radius 1 is 1.41 bits per heavy atom. The summed E-state index contributed by atoms with van der Waals surface area (Å²) in [5.41, 5.74) is 1.42. The summed E-state index contributed by atoms with van der Waals surface area (Å²) in [6.07, 6.45) is 0.842. The number of Topliss-reactive ketones (excluding diaryl/α,β-unsaturated/α-hetero) is 1. The third-order valence-corrected chi connectivity index (χ3v) is 5.73. The van der Waals surface area contributed by atoms with Gasteiger partial charge in [-0.25, -0.2) is 4.79 Å². The van der Waals surface area contributed by atoms with Gasteiger partial charge in [-0.3, -0.25) is 14.2 Å². The fourth-order valence-electron chi connectivity index (χ4n) is 4.48. The summed E-state index contributed by atoms with van der Waals surface area (Å²) < 4.78 is 6.19. The number of nitriles is 1. The molecule has 1 unspecified atom stereocenters. The van der Waals surface area contributed by atoms with Crippen molar-refractivity contribution >= 4 is 28.7 Å². The first-order valence-corrected chi connectivity index (χ1v) is 8.95. The van der Waals surface area contributed by atoms with Crippen molar-refractivity contribution in [1.29, 1.82) is 5.26 Å². The lowest BCUT2D eigenvalue weighted by molar-refractivity contribution is -0.124. The Kier molecular flexibility index (Phi) is 3.99. The summed E-state index contributed by atoms with van der Waals surface area (Å²) in [5.74, 6) is -1.07. The predicted molar refractivity (Wildman–Crippen MR) is 96.3 cm³/mol. The van der Waals surface area contributed by atoms with Crippen LogP contribution in [0, 0.1) is 17.2 Å². The van der Waals surface area contributed by atoms with E-state index >= 15 is 0 Å². The Morgan fingerprint density at radius 3 is 2.93 bits per heavy atom. The molecular formula is C20H19N3O4. The molecule has 1 amide bonds. The standard InChI is InChI=1S/C20H19N3O4/c1-27-19(26)22-9-7-13-12-4-2-3-5-15(12)23-17(13)20(11-21)8-6-16(24)14(10-20)18(23)25/h2-5,14H,6-10H2,1H3,(H,22,26)/t14?,20-/m0/s1. The molecule has 1 aliphatic carbocycles. The molecule has 7 nitrogen and oxygen atoms in total. The number of methoxy groups -OCH3 is 1. The second-order valence-electron chi connectivity index (χ2n) is 7.10. The average Bonchev–Trinajstić information content (AvgIpc) is 3.03. The van der Waals surface area contributed by atoms with E-state index in [9.17, 15) is 19.6 Å². The molecule has 0 radical (unpaired) electrons. The van der Waals surface area contributed by atoms with Crippen LogP contribution in [0.15, 0.2) is 24.3 Å². The maximum absolute atomic E-state index is 13.1. The molecule has 2 heterocycles. The van der Waals surface area contributed by atoms with Crippen LogP contribution in [0.25, 0.3) is 10.9 Å². The van der Waals surface area contributed by atoms with Gasteiger partial charge in [0.1, 0.15) is 5.78 Å². The van der Waals surface area contributed by atoms with Gasteiger partial charge in [0.2, 0.25) is 5.91 Å². The van der Waals surface area contributed by atoms with Crippen LogP contribution >= 0.6 is 0 Å². The van der Waals surface area contributed by atoms with Crippen LogP contribution in [0.3, 0.4) is 0 Å². The Morgan fingerprint density at radius 2 is 2.19 bits per heavy atom. The van der Waals surface area contributed by atoms with E-state index in [1.54, 1.807) is 4.57 Å². The van der Waals surface area contributed by atoms with Crippen LogP contribution in [-0.4, -0.2) is 36.0 Å². The molecule has 2 aliphatic rings. The average molecular weight is 365 g/mol. The van der Waals surface area contributed by atoms with Gasteiger partial charge in [-0.15, -0.1) is 0 Å². The predicted octanol–water partition coefficient (Wildman–Crippen LogP) is 2.32. The lowest BCUT2D eigenvalue weighted by atomic mass is 9.64. The summed E-state index contributed by atoms with van der Waals surface area (Å²) in [5, 5.41) is 13.6. The number of ether oxygens (including phenoxy) is 1. The molecule has 2 bridgehead atoms. The molecule has 1 aliphatic heterocycles. The molecule has 2 aromatic rings. The number of nitrogens with zero attached hydrogens (tertiary/aromatic N) is 2. The molecule has 1 saturated carbocycles. The largest absolute Gasteiger partial charge is 0.453 e. The number of fused-ring (bicyclic) bond motifs is 6. The number of alkyl carbamates (subject to hydrolysis) is 1. The number of carbonyl (C=O) groups excluding carboxylic acids is 3. The van der Waals surface area contributed by atoms with E-state index < -0.39 is 17.4 Å². The number of benzene rings is 1. The highest BCUT2D eigenvalue weighted by Gasteiger charge is 2.52. The molecule has 2 atom stereocenters. The van der Waals surface area contributed by atoms with Crippen molar-refractivity contribution in [3.05, 3.63) is 35.5 Å². The number of amides is 1. The minimum absolute atomic E-state index is 0.0804. The van der Waals surface area contributed by atoms with Crippen molar-refractivity contribution in [2.75, 3.05) is 13.7 Å². The van der Waals surface area contributed by atoms with Gasteiger partial charge in [0.15, 0.2) is 0 Å². The van der Waals surface area contributed by atoms with E-state index in [4.69, 9.17) is 0 Å². The van der Waals surface area contributed by atoms with Crippen LogP contribution in [-0.2, 0) is 21.4 Å². The summed E-state index contributed by atoms with van der Waals surface area (Å²) >= 11 is 0. The van der Waals surface area contributed by atoms with Gasteiger partial charge in [0.25, 0.3) is 0 Å². The second kappa shape index (κ2) is 6.23. The first-order chi connectivity index (χ1) is 13.0. The van der Waals surface area contributed by atoms with Crippen molar-refractivity contribution in [3.8, 4) is 6.07 Å². The van der Waals surface area contributed by atoms with Gasteiger partial charge in [-0.05, 0) is 30.9 Å². The molecule has 1 N–H and O–H groups in total. The van der Waals surface area contributed by atoms with Crippen molar-refractivity contribution in [3.63, 3.8) is 0 Å². The van der Waals surface area contributed by atoms with Crippen LogP contribution < -0.4 is 5.32 Å². The normalized spacial score (nSPS) is 23.6. The van der Waals surface area contributed by atoms with Crippen LogP contribution in [0.4, 0.5) is 4.79 Å². The number of hydrogen-bond donors (Lipinski definition) is 1. The number of para-hydroxylation sites is 1. The van der Waals surface area contributed by atoms with E-state index in [0.717, 1.165) is 10.9 Å². The zero-order chi connectivity index (χ0) is 19.2. The van der Waals surface area contributed by atoms with Crippen LogP contribution in [0.1, 0.15) is 35.3 Å². The molecular weight excluding hydrogens is 346 g/mol. The van der Waals surface area contributed by atoms with Crippen molar-refractivity contribution in [2.45, 2.75) is 31.1 Å². The Balaban J connectivity index is 1.90. The third kappa shape index (κ3) is 2.44. The van der Waals surface area contributed by atoms with Crippen molar-refractivity contribution in [2.24, 2.45) is 5.92 Å². The third-order valence-electron chi connectivity index (χ3n) is 5.73. The number of nitrogens with one attached hydrogen (secondary N) is 1. The fraction of sp³-hybridized carbons (Fsp3) is 0.400. The minimum Gasteiger partial charge on any atom is -0.453 e. The molecule has 1 fully saturated rings. The molecule has 7 heteroatoms. The molecule has 4 rings (SSSR count). The van der Waals surface area contributed by atoms with Crippen molar-refractivity contribution < 1.29 is 19.1 Å². The van der Waals surface area contributed by atoms with Gasteiger partial charge in [0.05, 0.1) is 35.7 Å². The van der Waals surface area contributed by atoms with Gasteiger partial charge in [-0.2, -0.15) is 5.26 Å². The van der Waals surface area contributed by atoms with Gasteiger partial charge in [0, 0.05) is 18.4 Å². The number of hydrogen-bond acceptors (Lipinski definition) is 5. The van der Waals surface area contributed by atoms with E-state index in [-0.39, 0.29) is 24.5 Å². The smallest absolute Gasteiger partial charge is 0.406 e. The van der Waals surface area contributed by atoms with Gasteiger partial charge < -0.3 is 10.1 Å². The van der Waals surface area contributed by atoms with Crippen LogP contribution in [0.2, 0.25) is 0 Å². The van der Waals surface area contributed by atoms with E-state index in [1.165, 1.54) is 7.11 Å². The van der Waals surface area contributed by atoms with Gasteiger partial charge in [-0.1, -0.05) is 18.2 Å². The molecule has 1 aromatic carbocycles. The van der Waals surface area contributed by atoms with E-state index in [2.05, 4.69) is 16.1 Å². The van der Waals surface area contributed by atoms with E-state index in [1.807, 2.05) is 24.3 Å². The first-order valence-electron chi connectivity index (χ1n) is 8.95. The quantitative estimate of drug-likeness (QED) is 0.841. The number of aromatic nitrogens is 1. The Bertz CT molecular complexity index is 1020. The fourth-order valence-corrected chi connectivity index (χ4v) is 4.48.